The number of hydrogen-bond donors (Lipinski definition) is 0. The number of nitrogens with zero attached hydrogens (tertiary/aromatic N) is 4. The summed E-state index contributed by atoms with van der Waals surface area (Å²) in [5.74, 6) is 3.65. The first-order valence-corrected chi connectivity index (χ1v) is 12.4. The van der Waals surface area contributed by atoms with Crippen LogP contribution in [0.1, 0.15) is 60.3 Å². The Morgan fingerprint density at radius 3 is 2.07 bits per heavy atom. The topological polar surface area (TPSA) is 13.0 Å². The van der Waals surface area contributed by atoms with Crippen LogP contribution in [0.4, 0.5) is 0 Å². The van der Waals surface area contributed by atoms with Gasteiger partial charge in [0.25, 0.3) is 0 Å². The predicted molar refractivity (Wildman–Crippen MR) is 123 cm³/mol. The van der Waals surface area contributed by atoms with Gasteiger partial charge in [-0.05, 0) is 118 Å². The van der Waals surface area contributed by atoms with Crippen molar-refractivity contribution in [1.82, 2.24) is 19.6 Å². The van der Waals surface area contributed by atoms with Crippen molar-refractivity contribution in [2.45, 2.75) is 77.4 Å². The average molecular weight is 405 g/mol. The molecule has 4 aliphatic heterocycles. The molecule has 4 rings (SSSR count). The number of hydrogen-bond acceptors (Lipinski definition) is 4. The summed E-state index contributed by atoms with van der Waals surface area (Å²) in [6.07, 6.45) is 5.58. The van der Waals surface area contributed by atoms with Crippen molar-refractivity contribution in [3.05, 3.63) is 0 Å². The fourth-order valence-corrected chi connectivity index (χ4v) is 7.23. The van der Waals surface area contributed by atoms with Crippen LogP contribution in [0.5, 0.6) is 0 Å². The molecule has 29 heavy (non-hydrogen) atoms. The van der Waals surface area contributed by atoms with Crippen molar-refractivity contribution in [2.24, 2.45) is 23.7 Å². The largest absolute Gasteiger partial charge is 0.306 e. The molecular formula is C25H48N4. The van der Waals surface area contributed by atoms with Crippen LogP contribution in [0, 0.1) is 23.7 Å². The summed E-state index contributed by atoms with van der Waals surface area (Å²) in [5.41, 5.74) is 0.633. The van der Waals surface area contributed by atoms with E-state index in [9.17, 15) is 0 Å². The lowest BCUT2D eigenvalue weighted by atomic mass is 9.76. The van der Waals surface area contributed by atoms with Gasteiger partial charge in [0, 0.05) is 43.3 Å². The van der Waals surface area contributed by atoms with Gasteiger partial charge < -0.3 is 9.80 Å². The van der Waals surface area contributed by atoms with E-state index in [1.807, 2.05) is 0 Å². The highest BCUT2D eigenvalue weighted by Gasteiger charge is 2.47. The number of rotatable bonds is 3. The minimum Gasteiger partial charge on any atom is -0.306 e. The first kappa shape index (κ1) is 22.0. The highest BCUT2D eigenvalue weighted by atomic mass is 15.3. The molecule has 0 radical (unpaired) electrons. The molecule has 5 atom stereocenters. The molecule has 4 aliphatic rings. The van der Waals surface area contributed by atoms with E-state index >= 15 is 0 Å². The number of piperidine rings is 3. The summed E-state index contributed by atoms with van der Waals surface area (Å²) in [4.78, 5) is 10.9. The third-order valence-corrected chi connectivity index (χ3v) is 9.21. The molecule has 0 aromatic carbocycles. The predicted octanol–water partition coefficient (Wildman–Crippen LogP) is 3.48. The molecule has 5 unspecified atom stereocenters. The van der Waals surface area contributed by atoms with Gasteiger partial charge in [0.05, 0.1) is 0 Å². The summed E-state index contributed by atoms with van der Waals surface area (Å²) < 4.78 is 0. The van der Waals surface area contributed by atoms with E-state index in [1.165, 1.54) is 71.5 Å². The Balaban J connectivity index is 1.39. The normalized spacial score (nSPS) is 38.8. The molecule has 4 fully saturated rings. The number of fused-ring (bicyclic) bond motifs is 2. The van der Waals surface area contributed by atoms with Gasteiger partial charge in [-0.25, -0.2) is 0 Å². The molecular weight excluding hydrogens is 356 g/mol. The second-order valence-electron chi connectivity index (χ2n) is 12.7. The Bertz CT molecular complexity index is 568. The molecule has 4 heterocycles. The quantitative estimate of drug-likeness (QED) is 0.714. The van der Waals surface area contributed by atoms with E-state index in [2.05, 4.69) is 68.3 Å². The summed E-state index contributed by atoms with van der Waals surface area (Å²) >= 11 is 0. The monoisotopic (exact) mass is 404 g/mol. The van der Waals surface area contributed by atoms with Crippen LogP contribution in [0.25, 0.3) is 0 Å². The van der Waals surface area contributed by atoms with Crippen LogP contribution in [-0.2, 0) is 0 Å². The molecule has 0 aromatic heterocycles. The van der Waals surface area contributed by atoms with Gasteiger partial charge in [-0.2, -0.15) is 0 Å². The standard InChI is InChI=1S/C25H48N4/c1-24(2,3)28-13-10-22-21(18-28)16-27(7)23(22)14-25(4,5)29-12-9-19-8-11-26(6)15-20(19)17-29/h19-23H,8-18H2,1-7H3. The van der Waals surface area contributed by atoms with Crippen LogP contribution in [0.3, 0.4) is 0 Å². The second kappa shape index (κ2) is 8.07. The van der Waals surface area contributed by atoms with Crippen molar-refractivity contribution in [3.63, 3.8) is 0 Å². The van der Waals surface area contributed by atoms with Gasteiger partial charge in [-0.3, -0.25) is 9.80 Å². The van der Waals surface area contributed by atoms with Gasteiger partial charge in [-0.1, -0.05) is 0 Å². The van der Waals surface area contributed by atoms with Crippen LogP contribution in [0.15, 0.2) is 0 Å². The zero-order valence-corrected chi connectivity index (χ0v) is 20.5. The molecule has 0 aliphatic carbocycles. The van der Waals surface area contributed by atoms with E-state index in [0.717, 1.165) is 29.7 Å². The SMILES string of the molecule is CN1CCC2CCN(C(C)(C)CC3C4CCN(C(C)(C)C)CC4CN3C)CC2C1. The molecule has 4 nitrogen and oxygen atoms in total. The molecule has 4 saturated heterocycles. The third kappa shape index (κ3) is 4.56. The van der Waals surface area contributed by atoms with Gasteiger partial charge in [-0.15, -0.1) is 0 Å². The van der Waals surface area contributed by atoms with Crippen LogP contribution in [0.2, 0.25) is 0 Å². The maximum Gasteiger partial charge on any atom is 0.0168 e. The van der Waals surface area contributed by atoms with Crippen molar-refractivity contribution in [3.8, 4) is 0 Å². The summed E-state index contributed by atoms with van der Waals surface area (Å²) in [5, 5.41) is 0. The summed E-state index contributed by atoms with van der Waals surface area (Å²) in [6.45, 7) is 21.4. The van der Waals surface area contributed by atoms with E-state index in [1.54, 1.807) is 0 Å². The Kier molecular flexibility index (Phi) is 6.14. The summed E-state index contributed by atoms with van der Waals surface area (Å²) in [7, 11) is 4.72. The fourth-order valence-electron chi connectivity index (χ4n) is 7.23. The van der Waals surface area contributed by atoms with E-state index in [0.29, 0.717) is 11.1 Å². The Morgan fingerprint density at radius 2 is 1.34 bits per heavy atom. The maximum atomic E-state index is 2.87. The Labute approximate surface area is 181 Å². The van der Waals surface area contributed by atoms with E-state index < -0.39 is 0 Å². The molecule has 0 amide bonds. The molecule has 168 valence electrons. The van der Waals surface area contributed by atoms with Crippen LogP contribution >= 0.6 is 0 Å². The van der Waals surface area contributed by atoms with Gasteiger partial charge in [0.15, 0.2) is 0 Å². The van der Waals surface area contributed by atoms with Crippen molar-refractivity contribution >= 4 is 0 Å². The molecule has 0 bridgehead atoms. The smallest absolute Gasteiger partial charge is 0.0168 e. The third-order valence-electron chi connectivity index (χ3n) is 9.21. The van der Waals surface area contributed by atoms with Gasteiger partial charge in [0.1, 0.15) is 0 Å². The lowest BCUT2D eigenvalue weighted by Gasteiger charge is -2.51. The van der Waals surface area contributed by atoms with Gasteiger partial charge >= 0.3 is 0 Å². The lowest BCUT2D eigenvalue weighted by Crippen LogP contribution is -2.57. The van der Waals surface area contributed by atoms with Crippen molar-refractivity contribution < 1.29 is 0 Å². The van der Waals surface area contributed by atoms with Crippen LogP contribution in [-0.4, -0.2) is 96.6 Å². The second-order valence-corrected chi connectivity index (χ2v) is 12.7. The number of likely N-dealkylation sites (tertiary alicyclic amines) is 4. The van der Waals surface area contributed by atoms with E-state index in [-0.39, 0.29) is 0 Å². The van der Waals surface area contributed by atoms with Crippen LogP contribution < -0.4 is 0 Å². The lowest BCUT2D eigenvalue weighted by molar-refractivity contribution is -0.0126. The Morgan fingerprint density at radius 1 is 0.690 bits per heavy atom. The van der Waals surface area contributed by atoms with Gasteiger partial charge in [0.2, 0.25) is 0 Å². The molecule has 0 saturated carbocycles. The van der Waals surface area contributed by atoms with Crippen molar-refractivity contribution in [1.29, 1.82) is 0 Å². The Hall–Kier alpha value is -0.160. The summed E-state index contributed by atoms with van der Waals surface area (Å²) in [6, 6.07) is 0.767. The van der Waals surface area contributed by atoms with E-state index in [4.69, 9.17) is 0 Å². The fraction of sp³-hybridized carbons (Fsp3) is 1.00. The molecule has 0 aromatic rings. The molecule has 0 spiro atoms. The maximum absolute atomic E-state index is 2.87. The highest BCUT2D eigenvalue weighted by Crippen LogP contribution is 2.42. The van der Waals surface area contributed by atoms with Crippen molar-refractivity contribution in [2.75, 3.05) is 59.9 Å². The highest BCUT2D eigenvalue weighted by molar-refractivity contribution is 5.02. The zero-order valence-electron chi connectivity index (χ0n) is 20.5. The first-order valence-electron chi connectivity index (χ1n) is 12.4. The average Bonchev–Trinajstić information content (AvgIpc) is 2.94. The molecule has 0 N–H and O–H groups in total. The minimum absolute atomic E-state index is 0.315. The first-order chi connectivity index (χ1) is 13.5. The minimum atomic E-state index is 0.315. The zero-order chi connectivity index (χ0) is 21.0. The molecule has 4 heteroatoms.